The van der Waals surface area contributed by atoms with Gasteiger partial charge in [-0.15, -0.1) is 0 Å². The van der Waals surface area contributed by atoms with Gasteiger partial charge in [0.2, 0.25) is 11.7 Å². The van der Waals surface area contributed by atoms with E-state index in [1.807, 2.05) is 0 Å². The predicted octanol–water partition coefficient (Wildman–Crippen LogP) is 3.49. The summed E-state index contributed by atoms with van der Waals surface area (Å²) in [6, 6.07) is 3.33. The van der Waals surface area contributed by atoms with Gasteiger partial charge in [-0.25, -0.2) is 0 Å². The summed E-state index contributed by atoms with van der Waals surface area (Å²) in [5.41, 5.74) is 0.658. The number of amides is 1. The second-order valence-electron chi connectivity index (χ2n) is 4.62. The third-order valence-electron chi connectivity index (χ3n) is 2.84. The van der Waals surface area contributed by atoms with E-state index in [9.17, 15) is 22.8 Å². The highest BCUT2D eigenvalue weighted by atomic mass is 19.4. The van der Waals surface area contributed by atoms with Gasteiger partial charge in [0.1, 0.15) is 0 Å². The molecule has 7 heteroatoms. The monoisotopic (exact) mass is 302 g/mol. The summed E-state index contributed by atoms with van der Waals surface area (Å²) in [6.07, 6.45) is 0.119. The van der Waals surface area contributed by atoms with Crippen molar-refractivity contribution in [3.63, 3.8) is 0 Å². The third-order valence-corrected chi connectivity index (χ3v) is 2.84. The van der Waals surface area contributed by atoms with Crippen LogP contribution in [0.1, 0.15) is 38.5 Å². The zero-order valence-electron chi connectivity index (χ0n) is 11.4. The number of hydrogen-bond donors (Lipinski definition) is 1. The van der Waals surface area contributed by atoms with E-state index in [2.05, 4.69) is 10.3 Å². The number of unbranched alkanes of at least 4 members (excludes halogenated alkanes) is 3. The Kier molecular flexibility index (Phi) is 6.84. The van der Waals surface area contributed by atoms with Gasteiger partial charge in [0, 0.05) is 30.9 Å². The lowest BCUT2D eigenvalue weighted by atomic mass is 10.1. The van der Waals surface area contributed by atoms with E-state index < -0.39 is 18.4 Å². The molecule has 0 saturated carbocycles. The van der Waals surface area contributed by atoms with Crippen molar-refractivity contribution in [3.05, 3.63) is 24.5 Å². The quantitative estimate of drug-likeness (QED) is 0.748. The molecular weight excluding hydrogens is 285 g/mol. The highest BCUT2D eigenvalue weighted by Gasteiger charge is 2.36. The summed E-state index contributed by atoms with van der Waals surface area (Å²) in [7, 11) is 0. The lowest BCUT2D eigenvalue weighted by Gasteiger charge is -2.05. The van der Waals surface area contributed by atoms with E-state index in [0.717, 1.165) is 0 Å². The number of carbonyl (C=O) groups is 2. The first kappa shape index (κ1) is 17.1. The molecule has 0 saturated heterocycles. The Morgan fingerprint density at radius 1 is 1.00 bits per heavy atom. The molecule has 0 aliphatic heterocycles. The van der Waals surface area contributed by atoms with Gasteiger partial charge in [0.25, 0.3) is 0 Å². The first-order valence-corrected chi connectivity index (χ1v) is 6.69. The largest absolute Gasteiger partial charge is 0.449 e. The fourth-order valence-corrected chi connectivity index (χ4v) is 1.73. The standard InChI is InChI=1S/C14H17F3N2O2/c15-14(16,17)12(20)5-3-1-2-4-6-13(21)19-11-7-9-18-10-8-11/h7-10H,1-6H2,(H,18,19,21). The normalized spacial score (nSPS) is 11.2. The number of halogens is 3. The molecule has 0 atom stereocenters. The summed E-state index contributed by atoms with van der Waals surface area (Å²) in [6.45, 7) is 0. The number of carbonyl (C=O) groups excluding carboxylic acids is 2. The fourth-order valence-electron chi connectivity index (χ4n) is 1.73. The summed E-state index contributed by atoms with van der Waals surface area (Å²) >= 11 is 0. The Labute approximate surface area is 120 Å². The van der Waals surface area contributed by atoms with Gasteiger partial charge in [-0.05, 0) is 25.0 Å². The summed E-state index contributed by atoms with van der Waals surface area (Å²) in [5, 5.41) is 2.69. The molecule has 1 aromatic rings. The van der Waals surface area contributed by atoms with Crippen molar-refractivity contribution >= 4 is 17.4 Å². The number of hydrogen-bond acceptors (Lipinski definition) is 3. The van der Waals surface area contributed by atoms with Crippen LogP contribution >= 0.6 is 0 Å². The number of rotatable bonds is 8. The number of Topliss-reactive ketones (excluding diaryl/α,β-unsaturated/α-hetero) is 1. The minimum absolute atomic E-state index is 0.146. The molecule has 0 spiro atoms. The van der Waals surface area contributed by atoms with E-state index in [0.29, 0.717) is 31.4 Å². The average Bonchev–Trinajstić information content (AvgIpc) is 2.42. The van der Waals surface area contributed by atoms with E-state index in [1.54, 1.807) is 24.5 Å². The minimum atomic E-state index is -4.73. The predicted molar refractivity (Wildman–Crippen MR) is 71.6 cm³/mol. The highest BCUT2D eigenvalue weighted by molar-refractivity contribution is 5.90. The molecule has 0 unspecified atom stereocenters. The van der Waals surface area contributed by atoms with Crippen molar-refractivity contribution in [3.8, 4) is 0 Å². The smallest absolute Gasteiger partial charge is 0.326 e. The Morgan fingerprint density at radius 3 is 2.14 bits per heavy atom. The van der Waals surface area contributed by atoms with Crippen LogP contribution in [0.3, 0.4) is 0 Å². The summed E-state index contributed by atoms with van der Waals surface area (Å²) < 4.78 is 35.8. The number of aromatic nitrogens is 1. The Hall–Kier alpha value is -1.92. The van der Waals surface area contributed by atoms with Crippen molar-refractivity contribution in [1.29, 1.82) is 0 Å². The Morgan fingerprint density at radius 2 is 1.57 bits per heavy atom. The SMILES string of the molecule is O=C(CCCCCCC(=O)C(F)(F)F)Nc1ccncc1. The number of nitrogens with one attached hydrogen (secondary N) is 1. The van der Waals surface area contributed by atoms with Gasteiger partial charge in [-0.2, -0.15) is 13.2 Å². The molecule has 0 fully saturated rings. The molecule has 21 heavy (non-hydrogen) atoms. The van der Waals surface area contributed by atoms with Gasteiger partial charge in [-0.3, -0.25) is 14.6 Å². The van der Waals surface area contributed by atoms with Crippen molar-refractivity contribution < 1.29 is 22.8 Å². The van der Waals surface area contributed by atoms with Crippen molar-refractivity contribution in [2.24, 2.45) is 0 Å². The van der Waals surface area contributed by atoms with Crippen LogP contribution < -0.4 is 5.32 Å². The molecule has 1 N–H and O–H groups in total. The van der Waals surface area contributed by atoms with Gasteiger partial charge >= 0.3 is 6.18 Å². The Bertz CT molecular complexity index is 461. The molecule has 1 heterocycles. The first-order valence-electron chi connectivity index (χ1n) is 6.69. The van der Waals surface area contributed by atoms with Gasteiger partial charge in [-0.1, -0.05) is 12.8 Å². The van der Waals surface area contributed by atoms with Crippen LogP contribution in [0.5, 0.6) is 0 Å². The van der Waals surface area contributed by atoms with Crippen LogP contribution in [0.2, 0.25) is 0 Å². The van der Waals surface area contributed by atoms with Crippen LogP contribution in [0, 0.1) is 0 Å². The number of nitrogens with zero attached hydrogens (tertiary/aromatic N) is 1. The molecule has 0 aliphatic carbocycles. The summed E-state index contributed by atoms with van der Waals surface area (Å²) in [4.78, 5) is 26.0. The maximum Gasteiger partial charge on any atom is 0.449 e. The van der Waals surface area contributed by atoms with Gasteiger partial charge < -0.3 is 5.32 Å². The van der Waals surface area contributed by atoms with Crippen molar-refractivity contribution in [2.75, 3.05) is 5.32 Å². The molecule has 1 amide bonds. The topological polar surface area (TPSA) is 59.1 Å². The van der Waals surface area contributed by atoms with Crippen molar-refractivity contribution in [2.45, 2.75) is 44.7 Å². The zero-order valence-corrected chi connectivity index (χ0v) is 11.4. The van der Waals surface area contributed by atoms with Crippen LogP contribution in [-0.2, 0) is 9.59 Å². The number of pyridine rings is 1. The maximum absolute atomic E-state index is 11.9. The molecule has 0 aliphatic rings. The number of ketones is 1. The highest BCUT2D eigenvalue weighted by Crippen LogP contribution is 2.19. The van der Waals surface area contributed by atoms with Crippen molar-refractivity contribution in [1.82, 2.24) is 4.98 Å². The number of alkyl halides is 3. The van der Waals surface area contributed by atoms with Crippen LogP contribution in [0.25, 0.3) is 0 Å². The van der Waals surface area contributed by atoms with Gasteiger partial charge in [0.05, 0.1) is 0 Å². The van der Waals surface area contributed by atoms with Crippen LogP contribution in [-0.4, -0.2) is 22.9 Å². The number of anilines is 1. The average molecular weight is 302 g/mol. The molecule has 1 rings (SSSR count). The van der Waals surface area contributed by atoms with E-state index in [4.69, 9.17) is 0 Å². The zero-order chi connectivity index (χ0) is 15.7. The molecule has 0 radical (unpaired) electrons. The lowest BCUT2D eigenvalue weighted by molar-refractivity contribution is -0.171. The molecule has 0 bridgehead atoms. The Balaban J connectivity index is 2.07. The summed E-state index contributed by atoms with van der Waals surface area (Å²) in [5.74, 6) is -1.83. The van der Waals surface area contributed by atoms with Crippen LogP contribution in [0.4, 0.5) is 18.9 Å². The maximum atomic E-state index is 11.9. The lowest BCUT2D eigenvalue weighted by Crippen LogP contribution is -2.22. The van der Waals surface area contributed by atoms with Gasteiger partial charge in [0.15, 0.2) is 0 Å². The second kappa shape index (κ2) is 8.39. The molecule has 0 aromatic carbocycles. The first-order chi connectivity index (χ1) is 9.89. The third kappa shape index (κ3) is 7.43. The molecule has 4 nitrogen and oxygen atoms in total. The van der Waals surface area contributed by atoms with E-state index in [1.165, 1.54) is 0 Å². The van der Waals surface area contributed by atoms with Crippen LogP contribution in [0.15, 0.2) is 24.5 Å². The van der Waals surface area contributed by atoms with E-state index in [-0.39, 0.29) is 12.3 Å². The second-order valence-corrected chi connectivity index (χ2v) is 4.62. The fraction of sp³-hybridized carbons (Fsp3) is 0.500. The molecule has 116 valence electrons. The van der Waals surface area contributed by atoms with E-state index >= 15 is 0 Å². The molecule has 1 aromatic heterocycles. The minimum Gasteiger partial charge on any atom is -0.326 e. The molecular formula is C14H17F3N2O2.